The zero-order valence-electron chi connectivity index (χ0n) is 7.21. The van der Waals surface area contributed by atoms with Crippen LogP contribution >= 0.6 is 31.9 Å². The van der Waals surface area contributed by atoms with E-state index in [1.54, 1.807) is 6.92 Å². The average molecular weight is 306 g/mol. The van der Waals surface area contributed by atoms with Crippen molar-refractivity contribution in [1.29, 1.82) is 0 Å². The van der Waals surface area contributed by atoms with Gasteiger partial charge in [-0.1, -0.05) is 62.2 Å². The molecule has 0 saturated heterocycles. The Hall–Kier alpha value is -0.150. The van der Waals surface area contributed by atoms with Gasteiger partial charge >= 0.3 is 0 Å². The van der Waals surface area contributed by atoms with E-state index in [1.807, 2.05) is 30.3 Å². The molecule has 0 bridgehead atoms. The van der Waals surface area contributed by atoms with Gasteiger partial charge in [-0.05, 0) is 12.5 Å². The molecule has 0 amide bonds. The van der Waals surface area contributed by atoms with E-state index in [1.165, 1.54) is 0 Å². The van der Waals surface area contributed by atoms with Crippen LogP contribution in [-0.4, -0.2) is 10.6 Å². The minimum atomic E-state index is -0.158. The fourth-order valence-corrected chi connectivity index (χ4v) is 1.99. The molecule has 13 heavy (non-hydrogen) atoms. The highest BCUT2D eigenvalue weighted by molar-refractivity contribution is 9.12. The fraction of sp³-hybridized carbons (Fsp3) is 0.300. The van der Waals surface area contributed by atoms with Crippen LogP contribution in [0.25, 0.3) is 0 Å². The third-order valence-electron chi connectivity index (χ3n) is 1.76. The molecule has 0 aliphatic heterocycles. The van der Waals surface area contributed by atoms with E-state index >= 15 is 0 Å². The van der Waals surface area contributed by atoms with Crippen LogP contribution in [0.4, 0.5) is 0 Å². The Bertz CT molecular complexity index is 284. The molecule has 2 atom stereocenters. The number of carbonyl (C=O) groups is 1. The van der Waals surface area contributed by atoms with Gasteiger partial charge in [0.25, 0.3) is 0 Å². The van der Waals surface area contributed by atoms with Gasteiger partial charge in [-0.15, -0.1) is 0 Å². The van der Waals surface area contributed by atoms with Crippen LogP contribution in [-0.2, 0) is 4.79 Å². The van der Waals surface area contributed by atoms with Gasteiger partial charge in [-0.3, -0.25) is 4.79 Å². The number of rotatable bonds is 3. The van der Waals surface area contributed by atoms with Gasteiger partial charge in [-0.25, -0.2) is 0 Å². The molecule has 1 rings (SSSR count). The summed E-state index contributed by atoms with van der Waals surface area (Å²) in [6.45, 7) is 1.58. The Morgan fingerprint density at radius 1 is 1.23 bits per heavy atom. The standard InChI is InChI=1S/C10H10Br2O/c1-7(13)9(11)10(12)8-5-3-2-4-6-8/h2-6,9-10H,1H3/t9-,10-/m0/s1. The second-order valence-electron chi connectivity index (χ2n) is 2.82. The van der Waals surface area contributed by atoms with E-state index in [0.717, 1.165) is 5.56 Å². The molecule has 0 heterocycles. The van der Waals surface area contributed by atoms with Crippen molar-refractivity contribution in [2.45, 2.75) is 16.6 Å². The van der Waals surface area contributed by atoms with E-state index in [0.29, 0.717) is 0 Å². The first-order chi connectivity index (χ1) is 6.13. The molecule has 0 unspecified atom stereocenters. The molecular weight excluding hydrogens is 296 g/mol. The monoisotopic (exact) mass is 304 g/mol. The number of halogens is 2. The van der Waals surface area contributed by atoms with E-state index in [2.05, 4.69) is 31.9 Å². The van der Waals surface area contributed by atoms with Gasteiger partial charge in [0.05, 0.1) is 9.65 Å². The Morgan fingerprint density at radius 2 is 1.77 bits per heavy atom. The van der Waals surface area contributed by atoms with E-state index in [9.17, 15) is 4.79 Å². The van der Waals surface area contributed by atoms with E-state index in [4.69, 9.17) is 0 Å². The van der Waals surface area contributed by atoms with Crippen LogP contribution in [0.15, 0.2) is 30.3 Å². The summed E-state index contributed by atoms with van der Waals surface area (Å²) in [6.07, 6.45) is 0. The molecule has 0 aliphatic rings. The SMILES string of the molecule is CC(=O)[C@H](Br)[C@@H](Br)c1ccccc1. The van der Waals surface area contributed by atoms with Crippen LogP contribution in [0.3, 0.4) is 0 Å². The number of alkyl halides is 2. The second-order valence-corrected chi connectivity index (χ2v) is 4.80. The van der Waals surface area contributed by atoms with Crippen molar-refractivity contribution in [3.8, 4) is 0 Å². The predicted molar refractivity (Wildman–Crippen MR) is 61.5 cm³/mol. The Balaban J connectivity index is 2.79. The highest BCUT2D eigenvalue weighted by Gasteiger charge is 2.21. The summed E-state index contributed by atoms with van der Waals surface area (Å²) >= 11 is 6.83. The zero-order valence-corrected chi connectivity index (χ0v) is 10.4. The minimum absolute atomic E-state index is 0.0474. The Kier molecular flexibility index (Phi) is 4.13. The lowest BCUT2D eigenvalue weighted by molar-refractivity contribution is -0.116. The predicted octanol–water partition coefficient (Wildman–Crippen LogP) is 3.48. The highest BCUT2D eigenvalue weighted by atomic mass is 79.9. The van der Waals surface area contributed by atoms with Crippen molar-refractivity contribution < 1.29 is 4.79 Å². The third kappa shape index (κ3) is 2.92. The largest absolute Gasteiger partial charge is 0.299 e. The first-order valence-electron chi connectivity index (χ1n) is 3.96. The molecule has 0 fully saturated rings. The lowest BCUT2D eigenvalue weighted by atomic mass is 10.1. The molecule has 0 spiro atoms. The molecule has 1 nitrogen and oxygen atoms in total. The molecule has 0 aromatic heterocycles. The van der Waals surface area contributed by atoms with Gasteiger partial charge in [0.1, 0.15) is 5.78 Å². The van der Waals surface area contributed by atoms with Crippen molar-refractivity contribution in [2.75, 3.05) is 0 Å². The van der Waals surface area contributed by atoms with Crippen molar-refractivity contribution >= 4 is 37.6 Å². The van der Waals surface area contributed by atoms with Crippen molar-refractivity contribution in [3.05, 3.63) is 35.9 Å². The molecule has 0 N–H and O–H groups in total. The first kappa shape index (κ1) is 10.9. The first-order valence-corrected chi connectivity index (χ1v) is 5.79. The van der Waals surface area contributed by atoms with Crippen LogP contribution in [0.2, 0.25) is 0 Å². The van der Waals surface area contributed by atoms with E-state index < -0.39 is 0 Å². The number of ketones is 1. The number of hydrogen-bond donors (Lipinski definition) is 0. The van der Waals surface area contributed by atoms with Crippen LogP contribution in [0.1, 0.15) is 17.3 Å². The summed E-state index contributed by atoms with van der Waals surface area (Å²) in [5.74, 6) is 0.130. The molecule has 70 valence electrons. The normalized spacial score (nSPS) is 15.0. The van der Waals surface area contributed by atoms with Crippen molar-refractivity contribution in [2.24, 2.45) is 0 Å². The zero-order chi connectivity index (χ0) is 9.84. The summed E-state index contributed by atoms with van der Waals surface area (Å²) in [6, 6.07) is 9.88. The molecule has 3 heteroatoms. The van der Waals surface area contributed by atoms with Gasteiger partial charge in [0.2, 0.25) is 0 Å². The van der Waals surface area contributed by atoms with Crippen LogP contribution in [0, 0.1) is 0 Å². The summed E-state index contributed by atoms with van der Waals surface area (Å²) in [7, 11) is 0. The summed E-state index contributed by atoms with van der Waals surface area (Å²) in [4.78, 5) is 11.0. The second kappa shape index (κ2) is 4.91. The third-order valence-corrected chi connectivity index (χ3v) is 4.70. The van der Waals surface area contributed by atoms with Gasteiger partial charge in [-0.2, -0.15) is 0 Å². The summed E-state index contributed by atoms with van der Waals surface area (Å²) in [5, 5.41) is 0. The van der Waals surface area contributed by atoms with Crippen LogP contribution < -0.4 is 0 Å². The van der Waals surface area contributed by atoms with Gasteiger partial charge < -0.3 is 0 Å². The van der Waals surface area contributed by atoms with Crippen molar-refractivity contribution in [3.63, 3.8) is 0 Å². The average Bonchev–Trinajstić information content (AvgIpc) is 2.17. The Labute approximate surface area is 94.8 Å². The maximum Gasteiger partial charge on any atom is 0.144 e. The molecule has 0 radical (unpaired) electrons. The fourth-order valence-electron chi connectivity index (χ4n) is 1.01. The smallest absolute Gasteiger partial charge is 0.144 e. The van der Waals surface area contributed by atoms with E-state index in [-0.39, 0.29) is 15.4 Å². The highest BCUT2D eigenvalue weighted by Crippen LogP contribution is 2.31. The summed E-state index contributed by atoms with van der Waals surface area (Å²) in [5.41, 5.74) is 1.11. The van der Waals surface area contributed by atoms with Gasteiger partial charge in [0.15, 0.2) is 0 Å². The quantitative estimate of drug-likeness (QED) is 0.782. The number of hydrogen-bond acceptors (Lipinski definition) is 1. The molecule has 1 aromatic carbocycles. The Morgan fingerprint density at radius 3 is 2.23 bits per heavy atom. The number of Topliss-reactive ketones (excluding diaryl/α,β-unsaturated/α-hetero) is 1. The lowest BCUT2D eigenvalue weighted by Gasteiger charge is -2.13. The molecule has 1 aromatic rings. The molecule has 0 aliphatic carbocycles. The van der Waals surface area contributed by atoms with Gasteiger partial charge in [0, 0.05) is 0 Å². The number of carbonyl (C=O) groups excluding carboxylic acids is 1. The summed E-state index contributed by atoms with van der Waals surface area (Å²) < 4.78 is 0. The topological polar surface area (TPSA) is 17.1 Å². The minimum Gasteiger partial charge on any atom is -0.299 e. The maximum absolute atomic E-state index is 11.1. The van der Waals surface area contributed by atoms with Crippen molar-refractivity contribution in [1.82, 2.24) is 0 Å². The number of benzene rings is 1. The molecular formula is C10H10Br2O. The lowest BCUT2D eigenvalue weighted by Crippen LogP contribution is -2.15. The molecule has 0 saturated carbocycles. The maximum atomic E-state index is 11.1. The van der Waals surface area contributed by atoms with Crippen LogP contribution in [0.5, 0.6) is 0 Å².